The first-order valence-corrected chi connectivity index (χ1v) is 17.9. The third-order valence-corrected chi connectivity index (χ3v) is 7.75. The molecule has 0 spiro atoms. The molecule has 0 aromatic carbocycles. The minimum absolute atomic E-state index is 0.0307. The lowest BCUT2D eigenvalue weighted by atomic mass is 10.1. The highest BCUT2D eigenvalue weighted by atomic mass is 31.2. The largest absolute Gasteiger partial charge is 0.756 e. The zero-order valence-corrected chi connectivity index (χ0v) is 28.3. The Kier molecular flexibility index (Phi) is 25.4. The Morgan fingerprint density at radius 1 is 0.714 bits per heavy atom. The monoisotopic (exact) mass is 619 g/mol. The molecule has 2 atom stereocenters. The van der Waals surface area contributed by atoms with Gasteiger partial charge in [-0.05, 0) is 38.5 Å². The maximum atomic E-state index is 12.5. The molecule has 0 saturated heterocycles. The molecule has 0 amide bonds. The molecule has 0 radical (unpaired) electrons. The molecule has 2 unspecified atom stereocenters. The number of allylic oxidation sites excluding steroid dienone is 2. The van der Waals surface area contributed by atoms with Crippen LogP contribution < -0.4 is 4.89 Å². The van der Waals surface area contributed by atoms with E-state index in [9.17, 15) is 19.0 Å². The lowest BCUT2D eigenvalue weighted by Gasteiger charge is -2.28. The first-order valence-electron chi connectivity index (χ1n) is 16.4. The molecule has 0 aliphatic carbocycles. The summed E-state index contributed by atoms with van der Waals surface area (Å²) in [5, 5.41) is 0. The number of phosphoric acid groups is 1. The van der Waals surface area contributed by atoms with Crippen molar-refractivity contribution in [2.24, 2.45) is 0 Å². The summed E-state index contributed by atoms with van der Waals surface area (Å²) < 4.78 is 33.4. The van der Waals surface area contributed by atoms with Crippen LogP contribution in [0.2, 0.25) is 0 Å². The van der Waals surface area contributed by atoms with Gasteiger partial charge in [0.15, 0.2) is 6.10 Å². The number of nitrogens with zero attached hydrogens (tertiary/aromatic N) is 1. The van der Waals surface area contributed by atoms with Crippen LogP contribution in [-0.2, 0) is 32.7 Å². The third-order valence-electron chi connectivity index (χ3n) is 6.79. The maximum absolute atomic E-state index is 12.5. The summed E-state index contributed by atoms with van der Waals surface area (Å²) in [6.07, 6.45) is 21.4. The Hall–Kier alpha value is -1.25. The average molecular weight is 620 g/mol. The number of carbonyl (C=O) groups excluding carboxylic acids is 2. The van der Waals surface area contributed by atoms with E-state index in [1.54, 1.807) is 0 Å². The highest BCUT2D eigenvalue weighted by molar-refractivity contribution is 7.45. The van der Waals surface area contributed by atoms with Crippen molar-refractivity contribution < 1.29 is 42.1 Å². The highest BCUT2D eigenvalue weighted by Gasteiger charge is 2.21. The zero-order chi connectivity index (χ0) is 31.5. The number of rotatable bonds is 29. The van der Waals surface area contributed by atoms with E-state index in [1.807, 2.05) is 21.1 Å². The molecule has 0 N–H and O–H groups in total. The summed E-state index contributed by atoms with van der Waals surface area (Å²) in [6.45, 7) is 4.07. The number of ether oxygens (including phenoxy) is 2. The van der Waals surface area contributed by atoms with Gasteiger partial charge < -0.3 is 27.9 Å². The van der Waals surface area contributed by atoms with Crippen molar-refractivity contribution in [3.05, 3.63) is 12.2 Å². The number of carbonyl (C=O) groups is 2. The van der Waals surface area contributed by atoms with Crippen LogP contribution in [0.1, 0.15) is 129 Å². The van der Waals surface area contributed by atoms with Gasteiger partial charge in [-0.1, -0.05) is 90.2 Å². The van der Waals surface area contributed by atoms with Gasteiger partial charge in [0.1, 0.15) is 19.8 Å². The van der Waals surface area contributed by atoms with Crippen LogP contribution in [0.5, 0.6) is 0 Å². The molecule has 248 valence electrons. The van der Waals surface area contributed by atoms with Gasteiger partial charge in [0.05, 0.1) is 27.7 Å². The summed E-state index contributed by atoms with van der Waals surface area (Å²) in [4.78, 5) is 36.8. The summed E-state index contributed by atoms with van der Waals surface area (Å²) >= 11 is 0. The van der Waals surface area contributed by atoms with Gasteiger partial charge in [-0.3, -0.25) is 14.2 Å². The van der Waals surface area contributed by atoms with Gasteiger partial charge in [-0.15, -0.1) is 0 Å². The molecule has 9 nitrogen and oxygen atoms in total. The highest BCUT2D eigenvalue weighted by Crippen LogP contribution is 2.38. The fraction of sp³-hybridized carbons (Fsp3) is 0.875. The fourth-order valence-corrected chi connectivity index (χ4v) is 4.85. The number of hydrogen-bond donors (Lipinski definition) is 0. The van der Waals surface area contributed by atoms with Crippen LogP contribution in [0.3, 0.4) is 0 Å². The van der Waals surface area contributed by atoms with Crippen LogP contribution in [0.25, 0.3) is 0 Å². The summed E-state index contributed by atoms with van der Waals surface area (Å²) in [5.41, 5.74) is 0. The fourth-order valence-electron chi connectivity index (χ4n) is 4.12. The molecule has 0 aliphatic rings. The van der Waals surface area contributed by atoms with Gasteiger partial charge in [-0.2, -0.15) is 0 Å². The van der Waals surface area contributed by atoms with Gasteiger partial charge in [0, 0.05) is 12.8 Å². The number of esters is 2. The van der Waals surface area contributed by atoms with Gasteiger partial charge in [-0.25, -0.2) is 0 Å². The van der Waals surface area contributed by atoms with Gasteiger partial charge >= 0.3 is 11.9 Å². The molecule has 0 aromatic rings. The second kappa shape index (κ2) is 26.2. The number of hydrogen-bond acceptors (Lipinski definition) is 8. The summed E-state index contributed by atoms with van der Waals surface area (Å²) in [6, 6.07) is 0. The van der Waals surface area contributed by atoms with Crippen LogP contribution in [0, 0.1) is 0 Å². The average Bonchev–Trinajstić information content (AvgIpc) is 2.91. The van der Waals surface area contributed by atoms with E-state index in [0.717, 1.165) is 64.2 Å². The van der Waals surface area contributed by atoms with Crippen LogP contribution >= 0.6 is 7.82 Å². The van der Waals surface area contributed by atoms with E-state index in [4.69, 9.17) is 18.5 Å². The quantitative estimate of drug-likeness (QED) is 0.0283. The van der Waals surface area contributed by atoms with Gasteiger partial charge in [0.25, 0.3) is 7.82 Å². The Labute approximate surface area is 256 Å². The number of unbranched alkanes of at least 4 members (excludes halogenated alkanes) is 13. The smallest absolute Gasteiger partial charge is 0.306 e. The van der Waals surface area contributed by atoms with Crippen molar-refractivity contribution in [1.82, 2.24) is 0 Å². The van der Waals surface area contributed by atoms with E-state index in [-0.39, 0.29) is 26.1 Å². The SMILES string of the molecule is CCCCCC/C=C\CCCCCCCC(=O)OC(COC(=O)CCCCCCC)COP(=O)([O-])OCC[N+](C)(C)C. The summed E-state index contributed by atoms with van der Waals surface area (Å²) in [5.74, 6) is -0.861. The first kappa shape index (κ1) is 40.8. The molecule has 10 heteroatoms. The minimum atomic E-state index is -4.60. The maximum Gasteiger partial charge on any atom is 0.306 e. The second-order valence-electron chi connectivity index (χ2n) is 12.2. The van der Waals surface area contributed by atoms with Gasteiger partial charge in [0.2, 0.25) is 0 Å². The van der Waals surface area contributed by atoms with E-state index in [1.165, 1.54) is 32.1 Å². The van der Waals surface area contributed by atoms with Crippen LogP contribution in [0.15, 0.2) is 12.2 Å². The molecule has 0 heterocycles. The molecular weight excluding hydrogens is 557 g/mol. The van der Waals surface area contributed by atoms with Crippen molar-refractivity contribution in [2.75, 3.05) is 47.5 Å². The van der Waals surface area contributed by atoms with Crippen molar-refractivity contribution in [3.8, 4) is 0 Å². The standard InChI is InChI=1S/C32H62NO8P/c1-6-8-10-12-13-14-15-16-17-18-19-21-23-25-32(35)41-30(28-38-31(34)24-22-20-11-9-7-2)29-40-42(36,37)39-27-26-33(3,4)5/h14-15,30H,6-13,16-29H2,1-5H3/b15-14-. The molecule has 0 saturated carbocycles. The lowest BCUT2D eigenvalue weighted by Crippen LogP contribution is -2.37. The zero-order valence-electron chi connectivity index (χ0n) is 27.4. The topological polar surface area (TPSA) is 111 Å². The Morgan fingerprint density at radius 2 is 1.21 bits per heavy atom. The molecule has 0 bridgehead atoms. The lowest BCUT2D eigenvalue weighted by molar-refractivity contribution is -0.870. The van der Waals surface area contributed by atoms with Crippen molar-refractivity contribution in [3.63, 3.8) is 0 Å². The normalized spacial score (nSPS) is 14.1. The Bertz CT molecular complexity index is 753. The van der Waals surface area contributed by atoms with E-state index < -0.39 is 32.5 Å². The molecule has 0 aromatic heterocycles. The predicted octanol–water partition coefficient (Wildman–Crippen LogP) is 7.27. The number of quaternary nitrogens is 1. The van der Waals surface area contributed by atoms with E-state index in [0.29, 0.717) is 17.4 Å². The van der Waals surface area contributed by atoms with Crippen LogP contribution in [0.4, 0.5) is 0 Å². The van der Waals surface area contributed by atoms with Crippen LogP contribution in [-0.4, -0.2) is 70.0 Å². The molecule has 0 rings (SSSR count). The predicted molar refractivity (Wildman–Crippen MR) is 167 cm³/mol. The molecular formula is C32H62NO8P. The minimum Gasteiger partial charge on any atom is -0.756 e. The molecule has 0 fully saturated rings. The number of phosphoric ester groups is 1. The molecule has 0 aliphatic heterocycles. The first-order chi connectivity index (χ1) is 20.0. The summed E-state index contributed by atoms with van der Waals surface area (Å²) in [7, 11) is 1.16. The van der Waals surface area contributed by atoms with Crippen molar-refractivity contribution in [1.29, 1.82) is 0 Å². The number of likely N-dealkylation sites (N-methyl/N-ethyl adjacent to an activating group) is 1. The van der Waals surface area contributed by atoms with Crippen molar-refractivity contribution in [2.45, 2.75) is 136 Å². The van der Waals surface area contributed by atoms with Crippen molar-refractivity contribution >= 4 is 19.8 Å². The second-order valence-corrected chi connectivity index (χ2v) is 13.6. The van der Waals surface area contributed by atoms with E-state index in [2.05, 4.69) is 26.0 Å². The van der Waals surface area contributed by atoms with E-state index >= 15 is 0 Å². The Morgan fingerprint density at radius 3 is 1.79 bits per heavy atom. The molecule has 42 heavy (non-hydrogen) atoms. The third kappa shape index (κ3) is 28.9. The Balaban J connectivity index is 4.46.